The van der Waals surface area contributed by atoms with Crippen molar-refractivity contribution >= 4 is 11.6 Å². The lowest BCUT2D eigenvalue weighted by atomic mass is 10.2. The molecule has 0 aliphatic rings. The van der Waals surface area contributed by atoms with Crippen molar-refractivity contribution in [2.45, 2.75) is 27.7 Å². The Morgan fingerprint density at radius 1 is 0.966 bits per heavy atom. The highest BCUT2D eigenvalue weighted by Gasteiger charge is 2.22. The largest absolute Gasteiger partial charge is 0.322 e. The van der Waals surface area contributed by atoms with E-state index in [1.165, 1.54) is 0 Å². The summed E-state index contributed by atoms with van der Waals surface area (Å²) in [5, 5.41) is 7.42. The second kappa shape index (κ2) is 7.05. The van der Waals surface area contributed by atoms with Crippen molar-refractivity contribution in [1.29, 1.82) is 0 Å². The number of carbonyl (C=O) groups is 1. The molecule has 4 rings (SSSR count). The molecule has 1 amide bonds. The molecule has 0 aliphatic carbocycles. The van der Waals surface area contributed by atoms with Crippen molar-refractivity contribution in [2.24, 2.45) is 7.05 Å². The van der Waals surface area contributed by atoms with Crippen molar-refractivity contribution < 1.29 is 4.79 Å². The zero-order valence-electron chi connectivity index (χ0n) is 17.1. The summed E-state index contributed by atoms with van der Waals surface area (Å²) < 4.78 is 5.58. The number of rotatable bonds is 4. The lowest BCUT2D eigenvalue weighted by molar-refractivity contribution is 0.102. The monoisotopic (exact) mass is 389 g/mol. The molecule has 3 aromatic heterocycles. The minimum absolute atomic E-state index is 0.207. The van der Waals surface area contributed by atoms with Gasteiger partial charge in [-0.3, -0.25) is 14.0 Å². The second-order valence-electron chi connectivity index (χ2n) is 7.04. The number of carbonyl (C=O) groups excluding carboxylic acids is 1. The molecule has 29 heavy (non-hydrogen) atoms. The van der Waals surface area contributed by atoms with Crippen molar-refractivity contribution in [3.05, 3.63) is 71.5 Å². The molecule has 0 bridgehead atoms. The molecule has 0 fully saturated rings. The van der Waals surface area contributed by atoms with Crippen molar-refractivity contribution in [3.63, 3.8) is 0 Å². The van der Waals surface area contributed by atoms with Gasteiger partial charge in [0.1, 0.15) is 17.2 Å². The molecule has 0 unspecified atom stereocenters. The first-order valence-corrected chi connectivity index (χ1v) is 9.33. The van der Waals surface area contributed by atoms with Gasteiger partial charge in [0.25, 0.3) is 5.91 Å². The van der Waals surface area contributed by atoms with Crippen LogP contribution in [0.1, 0.15) is 33.3 Å². The molecule has 0 saturated carbocycles. The number of amides is 1. The zero-order valence-corrected chi connectivity index (χ0v) is 17.1. The Bertz CT molecular complexity index is 1190. The molecule has 148 valence electrons. The van der Waals surface area contributed by atoms with Gasteiger partial charge in [-0.25, -0.2) is 9.97 Å². The van der Waals surface area contributed by atoms with E-state index >= 15 is 0 Å². The Morgan fingerprint density at radius 3 is 2.28 bits per heavy atom. The number of nitrogens with one attached hydrogen (secondary N) is 1. The van der Waals surface area contributed by atoms with Crippen LogP contribution in [0.5, 0.6) is 0 Å². The second-order valence-corrected chi connectivity index (χ2v) is 7.04. The smallest absolute Gasteiger partial charge is 0.261 e. The summed E-state index contributed by atoms with van der Waals surface area (Å²) in [5.41, 5.74) is 4.98. The Labute approximate surface area is 168 Å². The Hall–Kier alpha value is -3.68. The van der Waals surface area contributed by atoms with Gasteiger partial charge in [0.05, 0.1) is 17.7 Å². The molecule has 4 aromatic rings. The molecular weight excluding hydrogens is 366 g/mol. The van der Waals surface area contributed by atoms with Crippen molar-refractivity contribution in [2.75, 3.05) is 5.32 Å². The molecule has 3 heterocycles. The number of anilines is 1. The summed E-state index contributed by atoms with van der Waals surface area (Å²) in [6, 6.07) is 7.69. The van der Waals surface area contributed by atoms with Gasteiger partial charge in [-0.1, -0.05) is 0 Å². The van der Waals surface area contributed by atoms with Crippen LogP contribution in [0.15, 0.2) is 43.0 Å². The van der Waals surface area contributed by atoms with Gasteiger partial charge in [0, 0.05) is 36.5 Å². The van der Waals surface area contributed by atoms with E-state index in [1.807, 2.05) is 74.3 Å². The first kappa shape index (κ1) is 18.7. The number of benzene rings is 1. The Balaban J connectivity index is 1.62. The third kappa shape index (κ3) is 3.22. The highest BCUT2D eigenvalue weighted by atomic mass is 16.1. The number of aryl methyl sites for hydroxylation is 4. The topological polar surface area (TPSA) is 82.6 Å². The standard InChI is InChI=1S/C21H23N7O/c1-13-15(3)28(12-23-13)18-8-6-17(7-9-18)24-20(29)19-14(2)25-26(5)21(19)27-11-10-22-16(27)4/h6-12H,1-5H3,(H,24,29). The average Bonchev–Trinajstić information content (AvgIpc) is 3.34. The molecular formula is C21H23N7O. The van der Waals surface area contributed by atoms with E-state index in [2.05, 4.69) is 20.4 Å². The number of aromatic nitrogens is 6. The summed E-state index contributed by atoms with van der Waals surface area (Å²) >= 11 is 0. The minimum Gasteiger partial charge on any atom is -0.322 e. The van der Waals surface area contributed by atoms with E-state index in [-0.39, 0.29) is 5.91 Å². The summed E-state index contributed by atoms with van der Waals surface area (Å²) in [7, 11) is 1.82. The Morgan fingerprint density at radius 2 is 1.69 bits per heavy atom. The zero-order chi connectivity index (χ0) is 20.7. The predicted molar refractivity (Wildman–Crippen MR) is 111 cm³/mol. The van der Waals surface area contributed by atoms with Gasteiger partial charge < -0.3 is 9.88 Å². The number of imidazole rings is 2. The van der Waals surface area contributed by atoms with Gasteiger partial charge in [-0.15, -0.1) is 0 Å². The van der Waals surface area contributed by atoms with E-state index in [0.717, 1.165) is 22.9 Å². The van der Waals surface area contributed by atoms with Gasteiger partial charge in [-0.05, 0) is 52.0 Å². The van der Waals surface area contributed by atoms with Crippen LogP contribution in [-0.2, 0) is 7.05 Å². The van der Waals surface area contributed by atoms with Crippen LogP contribution in [0.2, 0.25) is 0 Å². The molecule has 0 saturated heterocycles. The fourth-order valence-electron chi connectivity index (χ4n) is 3.45. The van der Waals surface area contributed by atoms with E-state index in [4.69, 9.17) is 0 Å². The van der Waals surface area contributed by atoms with Crippen LogP contribution < -0.4 is 5.32 Å². The number of hydrogen-bond donors (Lipinski definition) is 1. The van der Waals surface area contributed by atoms with Crippen LogP contribution >= 0.6 is 0 Å². The van der Waals surface area contributed by atoms with E-state index in [0.29, 0.717) is 22.8 Å². The lowest BCUT2D eigenvalue weighted by Gasteiger charge is -2.11. The Kier molecular flexibility index (Phi) is 4.54. The van der Waals surface area contributed by atoms with Crippen molar-refractivity contribution in [3.8, 4) is 11.5 Å². The van der Waals surface area contributed by atoms with Crippen LogP contribution in [0.3, 0.4) is 0 Å². The van der Waals surface area contributed by atoms with Gasteiger partial charge in [0.2, 0.25) is 0 Å². The van der Waals surface area contributed by atoms with Gasteiger partial charge in [-0.2, -0.15) is 5.10 Å². The normalized spacial score (nSPS) is 11.1. The molecule has 0 spiro atoms. The molecule has 1 aromatic carbocycles. The predicted octanol–water partition coefficient (Wildman–Crippen LogP) is 3.28. The molecule has 0 atom stereocenters. The van der Waals surface area contributed by atoms with Crippen LogP contribution in [0.25, 0.3) is 11.5 Å². The molecule has 1 N–H and O–H groups in total. The van der Waals surface area contributed by atoms with E-state index in [9.17, 15) is 4.79 Å². The van der Waals surface area contributed by atoms with Crippen molar-refractivity contribution in [1.82, 2.24) is 28.9 Å². The quantitative estimate of drug-likeness (QED) is 0.581. The molecule has 0 aliphatic heterocycles. The van der Waals surface area contributed by atoms with E-state index in [1.54, 1.807) is 17.2 Å². The molecule has 0 radical (unpaired) electrons. The van der Waals surface area contributed by atoms with Crippen LogP contribution in [0, 0.1) is 27.7 Å². The SMILES string of the molecule is Cc1nn(C)c(-n2ccnc2C)c1C(=O)Nc1ccc(-n2cnc(C)c2C)cc1. The highest BCUT2D eigenvalue weighted by molar-refractivity contribution is 6.07. The molecule has 8 nitrogen and oxygen atoms in total. The van der Waals surface area contributed by atoms with E-state index < -0.39 is 0 Å². The summed E-state index contributed by atoms with van der Waals surface area (Å²) in [6.45, 7) is 7.74. The van der Waals surface area contributed by atoms with Crippen LogP contribution in [0.4, 0.5) is 5.69 Å². The summed E-state index contributed by atoms with van der Waals surface area (Å²) in [5.74, 6) is 1.27. The lowest BCUT2D eigenvalue weighted by Crippen LogP contribution is -2.16. The first-order valence-electron chi connectivity index (χ1n) is 9.33. The minimum atomic E-state index is -0.207. The summed E-state index contributed by atoms with van der Waals surface area (Å²) in [4.78, 5) is 21.7. The van der Waals surface area contributed by atoms with Crippen LogP contribution in [-0.4, -0.2) is 34.8 Å². The maximum Gasteiger partial charge on any atom is 0.261 e. The first-order chi connectivity index (χ1) is 13.9. The number of nitrogens with zero attached hydrogens (tertiary/aromatic N) is 6. The maximum absolute atomic E-state index is 13.1. The summed E-state index contributed by atoms with van der Waals surface area (Å²) in [6.07, 6.45) is 5.33. The maximum atomic E-state index is 13.1. The van der Waals surface area contributed by atoms with Gasteiger partial charge >= 0.3 is 0 Å². The third-order valence-corrected chi connectivity index (χ3v) is 5.13. The third-order valence-electron chi connectivity index (χ3n) is 5.13. The number of hydrogen-bond acceptors (Lipinski definition) is 4. The average molecular weight is 389 g/mol. The molecule has 8 heteroatoms. The highest BCUT2D eigenvalue weighted by Crippen LogP contribution is 2.22. The fourth-order valence-corrected chi connectivity index (χ4v) is 3.45. The fraction of sp³-hybridized carbons (Fsp3) is 0.238. The van der Waals surface area contributed by atoms with Gasteiger partial charge in [0.15, 0.2) is 0 Å².